The molecule has 2 aromatic rings. The summed E-state index contributed by atoms with van der Waals surface area (Å²) in [6, 6.07) is 14.0. The number of nitro groups is 1. The predicted molar refractivity (Wildman–Crippen MR) is 80.1 cm³/mol. The fourth-order valence-corrected chi connectivity index (χ4v) is 2.95. The summed E-state index contributed by atoms with van der Waals surface area (Å²) in [6.45, 7) is 2.03. The smallest absolute Gasteiger partial charge is 0.254 e. The van der Waals surface area contributed by atoms with E-state index in [1.54, 1.807) is 12.2 Å². The average Bonchev–Trinajstić information content (AvgIpc) is 2.46. The van der Waals surface area contributed by atoms with Gasteiger partial charge in [0.1, 0.15) is 0 Å². The third-order valence-corrected chi connectivity index (χ3v) is 3.90. The highest BCUT2D eigenvalue weighted by molar-refractivity contribution is 5.86. The van der Waals surface area contributed by atoms with E-state index in [-0.39, 0.29) is 22.5 Å². The first kappa shape index (κ1) is 12.6. The Kier molecular flexibility index (Phi) is 3.11. The van der Waals surface area contributed by atoms with E-state index in [1.165, 1.54) is 0 Å². The number of nitrogens with zero attached hydrogens (tertiary/aromatic N) is 1. The lowest BCUT2D eigenvalue weighted by Crippen LogP contribution is -2.18. The summed E-state index contributed by atoms with van der Waals surface area (Å²) in [6.07, 6.45) is 5.43. The summed E-state index contributed by atoms with van der Waals surface area (Å²) in [5, 5.41) is 13.5. The van der Waals surface area contributed by atoms with Crippen molar-refractivity contribution in [3.05, 3.63) is 82.1 Å². The molecule has 0 saturated carbocycles. The second kappa shape index (κ2) is 4.93. The lowest BCUT2D eigenvalue weighted by atomic mass is 9.80. The van der Waals surface area contributed by atoms with Gasteiger partial charge in [-0.3, -0.25) is 10.1 Å². The average molecular weight is 265 g/mol. The molecular formula is C17H15NO2. The number of benzene rings is 2. The van der Waals surface area contributed by atoms with Crippen molar-refractivity contribution in [1.29, 1.82) is 0 Å². The summed E-state index contributed by atoms with van der Waals surface area (Å²) < 4.78 is 0. The van der Waals surface area contributed by atoms with Crippen molar-refractivity contribution in [2.45, 2.75) is 12.8 Å². The Hall–Kier alpha value is -2.42. The van der Waals surface area contributed by atoms with Gasteiger partial charge in [-0.05, 0) is 22.3 Å². The molecule has 0 heterocycles. The van der Waals surface area contributed by atoms with Gasteiger partial charge in [0.2, 0.25) is 0 Å². The lowest BCUT2D eigenvalue weighted by Gasteiger charge is -2.23. The second-order valence-electron chi connectivity index (χ2n) is 5.14. The molecule has 3 nitrogen and oxygen atoms in total. The maximum Gasteiger partial charge on any atom is 0.254 e. The first-order chi connectivity index (χ1) is 9.68. The van der Waals surface area contributed by atoms with Crippen LogP contribution in [0.25, 0.3) is 10.8 Å². The van der Waals surface area contributed by atoms with Gasteiger partial charge < -0.3 is 0 Å². The lowest BCUT2D eigenvalue weighted by molar-refractivity contribution is -0.431. The Morgan fingerprint density at radius 2 is 1.85 bits per heavy atom. The highest BCUT2D eigenvalue weighted by Gasteiger charge is 2.32. The van der Waals surface area contributed by atoms with Crippen molar-refractivity contribution in [2.75, 3.05) is 0 Å². The molecule has 1 aliphatic carbocycles. The molecule has 0 saturated heterocycles. The molecule has 0 amide bonds. The highest BCUT2D eigenvalue weighted by atomic mass is 16.6. The Morgan fingerprint density at radius 3 is 2.65 bits per heavy atom. The molecule has 0 radical (unpaired) electrons. The fourth-order valence-electron chi connectivity index (χ4n) is 2.95. The Morgan fingerprint density at radius 1 is 1.10 bits per heavy atom. The van der Waals surface area contributed by atoms with Crippen LogP contribution in [-0.4, -0.2) is 4.92 Å². The van der Waals surface area contributed by atoms with Gasteiger partial charge in [-0.1, -0.05) is 61.5 Å². The number of hydrogen-bond donors (Lipinski definition) is 0. The van der Waals surface area contributed by atoms with Gasteiger partial charge in [0.15, 0.2) is 0 Å². The van der Waals surface area contributed by atoms with E-state index in [0.717, 1.165) is 16.3 Å². The first-order valence-corrected chi connectivity index (χ1v) is 6.69. The third kappa shape index (κ3) is 2.01. The van der Waals surface area contributed by atoms with Crippen LogP contribution in [-0.2, 0) is 0 Å². The SMILES string of the molecule is CC1C=CC=C([N+](=O)[O-])C1c1cccc2ccccc12. The Bertz CT molecular complexity index is 725. The number of rotatable bonds is 2. The molecule has 2 atom stereocenters. The normalized spacial score (nSPS) is 21.8. The minimum Gasteiger partial charge on any atom is -0.259 e. The third-order valence-electron chi connectivity index (χ3n) is 3.90. The zero-order valence-electron chi connectivity index (χ0n) is 11.2. The Labute approximate surface area is 117 Å². The van der Waals surface area contributed by atoms with Crippen molar-refractivity contribution >= 4 is 10.8 Å². The van der Waals surface area contributed by atoms with Gasteiger partial charge in [-0.25, -0.2) is 0 Å². The van der Waals surface area contributed by atoms with Crippen LogP contribution in [0.5, 0.6) is 0 Å². The van der Waals surface area contributed by atoms with E-state index < -0.39 is 0 Å². The van der Waals surface area contributed by atoms with Crippen LogP contribution in [0.3, 0.4) is 0 Å². The molecule has 3 heteroatoms. The highest BCUT2D eigenvalue weighted by Crippen LogP contribution is 2.38. The first-order valence-electron chi connectivity index (χ1n) is 6.69. The standard InChI is InChI=1S/C17H15NO2/c1-12-6-4-11-16(18(19)20)17(12)15-10-5-8-13-7-2-3-9-14(13)15/h2-12,17H,1H3. The summed E-state index contributed by atoms with van der Waals surface area (Å²) in [7, 11) is 0. The van der Waals surface area contributed by atoms with Gasteiger partial charge in [0, 0.05) is 6.08 Å². The molecule has 2 unspecified atom stereocenters. The van der Waals surface area contributed by atoms with Gasteiger partial charge in [0.25, 0.3) is 5.70 Å². The van der Waals surface area contributed by atoms with Crippen LogP contribution in [0, 0.1) is 16.0 Å². The van der Waals surface area contributed by atoms with Crippen LogP contribution in [0.15, 0.2) is 66.4 Å². The Balaban J connectivity index is 2.21. The topological polar surface area (TPSA) is 43.1 Å². The molecule has 0 bridgehead atoms. The van der Waals surface area contributed by atoms with Crippen molar-refractivity contribution in [1.82, 2.24) is 0 Å². The van der Waals surface area contributed by atoms with Crippen LogP contribution < -0.4 is 0 Å². The molecule has 100 valence electrons. The molecule has 0 N–H and O–H groups in total. The molecule has 0 aliphatic heterocycles. The number of hydrogen-bond acceptors (Lipinski definition) is 2. The maximum atomic E-state index is 11.3. The second-order valence-corrected chi connectivity index (χ2v) is 5.14. The largest absolute Gasteiger partial charge is 0.259 e. The van der Waals surface area contributed by atoms with E-state index in [9.17, 15) is 10.1 Å². The molecular weight excluding hydrogens is 250 g/mol. The van der Waals surface area contributed by atoms with Gasteiger partial charge >= 0.3 is 0 Å². The van der Waals surface area contributed by atoms with Gasteiger partial charge in [-0.15, -0.1) is 0 Å². The minimum absolute atomic E-state index is 0.117. The number of fused-ring (bicyclic) bond motifs is 1. The predicted octanol–water partition coefficient (Wildman–Crippen LogP) is 4.29. The van der Waals surface area contributed by atoms with E-state index >= 15 is 0 Å². The quantitative estimate of drug-likeness (QED) is 0.600. The molecule has 0 fully saturated rings. The van der Waals surface area contributed by atoms with E-state index in [2.05, 4.69) is 0 Å². The monoisotopic (exact) mass is 265 g/mol. The zero-order chi connectivity index (χ0) is 14.1. The zero-order valence-corrected chi connectivity index (χ0v) is 11.2. The minimum atomic E-state index is -0.258. The fraction of sp³-hybridized carbons (Fsp3) is 0.176. The van der Waals surface area contributed by atoms with Gasteiger partial charge in [-0.2, -0.15) is 0 Å². The summed E-state index contributed by atoms with van der Waals surface area (Å²) in [5.74, 6) is -0.0766. The molecule has 20 heavy (non-hydrogen) atoms. The molecule has 0 spiro atoms. The van der Waals surface area contributed by atoms with Crippen molar-refractivity contribution in [3.63, 3.8) is 0 Å². The van der Waals surface area contributed by atoms with Crippen molar-refractivity contribution in [3.8, 4) is 0 Å². The summed E-state index contributed by atoms with van der Waals surface area (Å²) in [5.41, 5.74) is 1.30. The summed E-state index contributed by atoms with van der Waals surface area (Å²) in [4.78, 5) is 11.1. The van der Waals surface area contributed by atoms with E-state index in [0.29, 0.717) is 0 Å². The molecule has 2 aromatic carbocycles. The molecule has 1 aliphatic rings. The van der Waals surface area contributed by atoms with Crippen LogP contribution >= 0.6 is 0 Å². The van der Waals surface area contributed by atoms with E-state index in [1.807, 2.05) is 55.5 Å². The summed E-state index contributed by atoms with van der Waals surface area (Å²) >= 11 is 0. The maximum absolute atomic E-state index is 11.3. The number of allylic oxidation sites excluding steroid dienone is 4. The molecule has 3 rings (SSSR count). The van der Waals surface area contributed by atoms with Crippen LogP contribution in [0.1, 0.15) is 18.4 Å². The van der Waals surface area contributed by atoms with E-state index in [4.69, 9.17) is 0 Å². The van der Waals surface area contributed by atoms with Crippen molar-refractivity contribution < 1.29 is 4.92 Å². The van der Waals surface area contributed by atoms with Crippen LogP contribution in [0.2, 0.25) is 0 Å². The van der Waals surface area contributed by atoms with Crippen molar-refractivity contribution in [2.24, 2.45) is 5.92 Å². The van der Waals surface area contributed by atoms with Gasteiger partial charge in [0.05, 0.1) is 10.8 Å². The van der Waals surface area contributed by atoms with Crippen LogP contribution in [0.4, 0.5) is 0 Å². The molecule has 0 aromatic heterocycles.